The van der Waals surface area contributed by atoms with Gasteiger partial charge in [0.1, 0.15) is 17.7 Å². The van der Waals surface area contributed by atoms with E-state index in [-0.39, 0.29) is 23.0 Å². The highest BCUT2D eigenvalue weighted by Gasteiger charge is 2.16. The summed E-state index contributed by atoms with van der Waals surface area (Å²) in [6, 6.07) is 8.82. The molecule has 0 unspecified atom stereocenters. The van der Waals surface area contributed by atoms with Crippen molar-refractivity contribution in [2.75, 3.05) is 10.6 Å². The summed E-state index contributed by atoms with van der Waals surface area (Å²) in [5.74, 6) is -1.87. The van der Waals surface area contributed by atoms with Crippen LogP contribution in [0.4, 0.5) is 25.8 Å². The number of hydrogen-bond donors (Lipinski definition) is 3. The maximum atomic E-state index is 13.8. The zero-order chi connectivity index (χ0) is 17.7. The Kier molecular flexibility index (Phi) is 5.47. The van der Waals surface area contributed by atoms with E-state index in [0.29, 0.717) is 0 Å². The fourth-order valence-corrected chi connectivity index (χ4v) is 2.05. The molecule has 2 aromatic carbocycles. The number of carbonyl (C=O) groups is 2. The SMILES string of the molecule is CC(=O)N[C@H](C)C(=O)Nc1ccc(F)cc1Nc1ccccc1F. The Morgan fingerprint density at radius 3 is 2.38 bits per heavy atom. The van der Waals surface area contributed by atoms with Crippen LogP contribution in [-0.2, 0) is 9.59 Å². The number of carbonyl (C=O) groups excluding carboxylic acids is 2. The van der Waals surface area contributed by atoms with Gasteiger partial charge in [-0.2, -0.15) is 0 Å². The van der Waals surface area contributed by atoms with Crippen LogP contribution in [0.3, 0.4) is 0 Å². The molecule has 0 aliphatic carbocycles. The molecule has 0 bridgehead atoms. The highest BCUT2D eigenvalue weighted by atomic mass is 19.1. The van der Waals surface area contributed by atoms with Crippen molar-refractivity contribution in [2.45, 2.75) is 19.9 Å². The summed E-state index contributed by atoms with van der Waals surface area (Å²) in [7, 11) is 0. The van der Waals surface area contributed by atoms with Gasteiger partial charge >= 0.3 is 0 Å². The molecule has 24 heavy (non-hydrogen) atoms. The van der Waals surface area contributed by atoms with Crippen molar-refractivity contribution in [1.29, 1.82) is 0 Å². The minimum absolute atomic E-state index is 0.147. The third kappa shape index (κ3) is 4.52. The van der Waals surface area contributed by atoms with Crippen LogP contribution >= 0.6 is 0 Å². The molecule has 0 aliphatic rings. The highest BCUT2D eigenvalue weighted by Crippen LogP contribution is 2.28. The summed E-state index contributed by atoms with van der Waals surface area (Å²) in [6.07, 6.45) is 0. The van der Waals surface area contributed by atoms with Crippen molar-refractivity contribution < 1.29 is 18.4 Å². The standard InChI is InChI=1S/C17H17F2N3O2/c1-10(20-11(2)23)17(24)22-15-8-7-12(18)9-16(15)21-14-6-4-3-5-13(14)19/h3-10,21H,1-2H3,(H,20,23)(H,22,24)/t10-/m1/s1. The molecule has 0 aliphatic heterocycles. The second kappa shape index (κ2) is 7.54. The van der Waals surface area contributed by atoms with Crippen LogP contribution in [0.25, 0.3) is 0 Å². The number of amides is 2. The Morgan fingerprint density at radius 2 is 1.71 bits per heavy atom. The van der Waals surface area contributed by atoms with Gasteiger partial charge in [-0.1, -0.05) is 12.1 Å². The Hall–Kier alpha value is -2.96. The Bertz CT molecular complexity index is 765. The second-order valence-electron chi connectivity index (χ2n) is 5.21. The molecule has 2 rings (SSSR count). The molecule has 126 valence electrons. The van der Waals surface area contributed by atoms with Crippen LogP contribution in [0, 0.1) is 11.6 Å². The van der Waals surface area contributed by atoms with E-state index in [4.69, 9.17) is 0 Å². The fraction of sp³-hybridized carbons (Fsp3) is 0.176. The molecule has 0 spiro atoms. The molecule has 2 amide bonds. The van der Waals surface area contributed by atoms with E-state index in [1.54, 1.807) is 6.07 Å². The van der Waals surface area contributed by atoms with E-state index >= 15 is 0 Å². The molecule has 0 heterocycles. The number of anilines is 3. The lowest BCUT2D eigenvalue weighted by Crippen LogP contribution is -2.40. The summed E-state index contributed by atoms with van der Waals surface area (Å²) >= 11 is 0. The maximum absolute atomic E-state index is 13.8. The lowest BCUT2D eigenvalue weighted by atomic mass is 10.2. The normalized spacial score (nSPS) is 11.5. The van der Waals surface area contributed by atoms with Gasteiger partial charge in [-0.3, -0.25) is 9.59 Å². The molecule has 0 saturated carbocycles. The van der Waals surface area contributed by atoms with Crippen LogP contribution in [0.2, 0.25) is 0 Å². The number of rotatable bonds is 5. The van der Waals surface area contributed by atoms with Crippen molar-refractivity contribution in [1.82, 2.24) is 5.32 Å². The van der Waals surface area contributed by atoms with E-state index in [9.17, 15) is 18.4 Å². The number of hydrogen-bond acceptors (Lipinski definition) is 3. The first-order valence-electron chi connectivity index (χ1n) is 7.26. The largest absolute Gasteiger partial charge is 0.351 e. The van der Waals surface area contributed by atoms with Gasteiger partial charge in [0, 0.05) is 6.92 Å². The Labute approximate surface area is 138 Å². The van der Waals surface area contributed by atoms with Gasteiger partial charge in [-0.15, -0.1) is 0 Å². The van der Waals surface area contributed by atoms with Crippen LogP contribution in [0.1, 0.15) is 13.8 Å². The van der Waals surface area contributed by atoms with E-state index in [2.05, 4.69) is 16.0 Å². The fourth-order valence-electron chi connectivity index (χ4n) is 2.05. The van der Waals surface area contributed by atoms with Crippen molar-refractivity contribution in [3.8, 4) is 0 Å². The van der Waals surface area contributed by atoms with E-state index in [1.165, 1.54) is 44.2 Å². The molecular weight excluding hydrogens is 316 g/mol. The van der Waals surface area contributed by atoms with Gasteiger partial charge in [0.15, 0.2) is 0 Å². The third-order valence-electron chi connectivity index (χ3n) is 3.20. The predicted molar refractivity (Wildman–Crippen MR) is 88.0 cm³/mol. The molecule has 0 saturated heterocycles. The van der Waals surface area contributed by atoms with Crippen molar-refractivity contribution in [2.24, 2.45) is 0 Å². The van der Waals surface area contributed by atoms with Crippen LogP contribution < -0.4 is 16.0 Å². The number of nitrogens with one attached hydrogen (secondary N) is 3. The average molecular weight is 333 g/mol. The van der Waals surface area contributed by atoms with E-state index < -0.39 is 23.6 Å². The first-order valence-corrected chi connectivity index (χ1v) is 7.26. The summed E-state index contributed by atoms with van der Waals surface area (Å²) < 4.78 is 27.3. The predicted octanol–water partition coefficient (Wildman–Crippen LogP) is 3.17. The quantitative estimate of drug-likeness (QED) is 0.787. The van der Waals surface area contributed by atoms with Crippen LogP contribution in [0.15, 0.2) is 42.5 Å². The summed E-state index contributed by atoms with van der Waals surface area (Å²) in [6.45, 7) is 2.82. The topological polar surface area (TPSA) is 70.2 Å². The number of benzene rings is 2. The first-order chi connectivity index (χ1) is 11.4. The summed E-state index contributed by atoms with van der Waals surface area (Å²) in [5.41, 5.74) is 0.610. The number of para-hydroxylation sites is 1. The maximum Gasteiger partial charge on any atom is 0.246 e. The lowest BCUT2D eigenvalue weighted by molar-refractivity contribution is -0.124. The summed E-state index contributed by atoms with van der Waals surface area (Å²) in [5, 5.41) is 7.77. The minimum atomic E-state index is -0.770. The zero-order valence-electron chi connectivity index (χ0n) is 13.2. The second-order valence-corrected chi connectivity index (χ2v) is 5.21. The van der Waals surface area contributed by atoms with Crippen molar-refractivity contribution >= 4 is 28.9 Å². The first kappa shape index (κ1) is 17.4. The Morgan fingerprint density at radius 1 is 1.00 bits per heavy atom. The molecule has 1 atom stereocenters. The molecule has 0 radical (unpaired) electrons. The van der Waals surface area contributed by atoms with Gasteiger partial charge in [0.05, 0.1) is 17.1 Å². The zero-order valence-corrected chi connectivity index (χ0v) is 13.2. The van der Waals surface area contributed by atoms with Gasteiger partial charge in [-0.05, 0) is 37.3 Å². The molecule has 3 N–H and O–H groups in total. The molecule has 7 heteroatoms. The third-order valence-corrected chi connectivity index (χ3v) is 3.20. The van der Waals surface area contributed by atoms with Crippen LogP contribution in [-0.4, -0.2) is 17.9 Å². The molecule has 0 fully saturated rings. The Balaban J connectivity index is 2.23. The monoisotopic (exact) mass is 333 g/mol. The number of halogens is 2. The minimum Gasteiger partial charge on any atom is -0.351 e. The summed E-state index contributed by atoms with van der Waals surface area (Å²) in [4.78, 5) is 23.1. The van der Waals surface area contributed by atoms with Gasteiger partial charge < -0.3 is 16.0 Å². The average Bonchev–Trinajstić information content (AvgIpc) is 2.51. The highest BCUT2D eigenvalue weighted by molar-refractivity contribution is 5.99. The van der Waals surface area contributed by atoms with E-state index in [1.807, 2.05) is 0 Å². The van der Waals surface area contributed by atoms with Crippen LogP contribution in [0.5, 0.6) is 0 Å². The molecule has 2 aromatic rings. The van der Waals surface area contributed by atoms with Gasteiger partial charge in [0.2, 0.25) is 11.8 Å². The van der Waals surface area contributed by atoms with E-state index in [0.717, 1.165) is 6.07 Å². The molecule has 5 nitrogen and oxygen atoms in total. The van der Waals surface area contributed by atoms with Gasteiger partial charge in [-0.25, -0.2) is 8.78 Å². The van der Waals surface area contributed by atoms with Gasteiger partial charge in [0.25, 0.3) is 0 Å². The molecule has 0 aromatic heterocycles. The molecular formula is C17H17F2N3O2. The lowest BCUT2D eigenvalue weighted by Gasteiger charge is -2.16. The smallest absolute Gasteiger partial charge is 0.246 e. The van der Waals surface area contributed by atoms with Crippen molar-refractivity contribution in [3.05, 3.63) is 54.1 Å². The van der Waals surface area contributed by atoms with Crippen molar-refractivity contribution in [3.63, 3.8) is 0 Å².